The molecular formula is C18H20N2. The molecule has 0 aliphatic heterocycles. The van der Waals surface area contributed by atoms with E-state index < -0.39 is 0 Å². The van der Waals surface area contributed by atoms with Gasteiger partial charge >= 0.3 is 0 Å². The highest BCUT2D eigenvalue weighted by molar-refractivity contribution is 5.88. The summed E-state index contributed by atoms with van der Waals surface area (Å²) in [5, 5.41) is 1.23. The molecule has 0 atom stereocenters. The van der Waals surface area contributed by atoms with Gasteiger partial charge in [-0.3, -0.25) is 0 Å². The van der Waals surface area contributed by atoms with Gasteiger partial charge in [0.1, 0.15) is 0 Å². The van der Waals surface area contributed by atoms with E-state index in [9.17, 15) is 0 Å². The van der Waals surface area contributed by atoms with E-state index in [0.717, 1.165) is 22.5 Å². The third-order valence-corrected chi connectivity index (χ3v) is 3.74. The number of nitrogens with two attached hydrogens (primary N) is 1. The predicted octanol–water partition coefficient (Wildman–Crippen LogP) is 4.71. The minimum absolute atomic E-state index is 0.164. The third kappa shape index (κ3) is 2.18. The van der Waals surface area contributed by atoms with Crippen LogP contribution in [-0.2, 0) is 5.41 Å². The van der Waals surface area contributed by atoms with Crippen molar-refractivity contribution in [1.29, 1.82) is 0 Å². The van der Waals surface area contributed by atoms with Gasteiger partial charge in [0, 0.05) is 27.8 Å². The third-order valence-electron chi connectivity index (χ3n) is 3.74. The fraction of sp³-hybridized carbons (Fsp3) is 0.222. The molecule has 0 bridgehead atoms. The maximum atomic E-state index is 6.05. The molecule has 3 N–H and O–H groups in total. The minimum atomic E-state index is 0.164. The Bertz CT molecular complexity index is 760. The minimum Gasteiger partial charge on any atom is -0.398 e. The average Bonchev–Trinajstić information content (AvgIpc) is 2.80. The van der Waals surface area contributed by atoms with E-state index in [0.29, 0.717) is 0 Å². The molecule has 0 spiro atoms. The van der Waals surface area contributed by atoms with Crippen LogP contribution in [-0.4, -0.2) is 4.98 Å². The van der Waals surface area contributed by atoms with E-state index >= 15 is 0 Å². The monoisotopic (exact) mass is 264 g/mol. The molecule has 20 heavy (non-hydrogen) atoms. The van der Waals surface area contributed by atoms with Crippen molar-refractivity contribution in [3.63, 3.8) is 0 Å². The van der Waals surface area contributed by atoms with Crippen molar-refractivity contribution in [2.45, 2.75) is 26.2 Å². The number of anilines is 1. The van der Waals surface area contributed by atoms with Gasteiger partial charge in [0.15, 0.2) is 0 Å². The number of aromatic amines is 1. The average molecular weight is 264 g/mol. The number of aromatic nitrogens is 1. The van der Waals surface area contributed by atoms with Gasteiger partial charge in [-0.25, -0.2) is 0 Å². The van der Waals surface area contributed by atoms with Gasteiger partial charge in [0.05, 0.1) is 0 Å². The molecule has 3 rings (SSSR count). The molecule has 3 aromatic rings. The van der Waals surface area contributed by atoms with Crippen LogP contribution in [0, 0.1) is 0 Å². The lowest BCUT2D eigenvalue weighted by Gasteiger charge is -2.18. The molecule has 0 radical (unpaired) electrons. The van der Waals surface area contributed by atoms with Crippen molar-refractivity contribution in [2.75, 3.05) is 5.73 Å². The smallest absolute Gasteiger partial charge is 0.0485 e. The summed E-state index contributed by atoms with van der Waals surface area (Å²) in [4.78, 5) is 3.45. The first-order chi connectivity index (χ1) is 9.45. The van der Waals surface area contributed by atoms with Gasteiger partial charge < -0.3 is 10.7 Å². The van der Waals surface area contributed by atoms with E-state index in [1.54, 1.807) is 0 Å². The second-order valence-corrected chi connectivity index (χ2v) is 6.32. The number of benzene rings is 2. The van der Waals surface area contributed by atoms with Crippen LogP contribution >= 0.6 is 0 Å². The molecule has 102 valence electrons. The van der Waals surface area contributed by atoms with Crippen LogP contribution in [0.15, 0.2) is 48.5 Å². The summed E-state index contributed by atoms with van der Waals surface area (Å²) in [6.07, 6.45) is 0. The van der Waals surface area contributed by atoms with Gasteiger partial charge in [-0.1, -0.05) is 45.0 Å². The van der Waals surface area contributed by atoms with Crippen LogP contribution in [0.1, 0.15) is 26.3 Å². The molecule has 2 nitrogen and oxygen atoms in total. The zero-order chi connectivity index (χ0) is 14.3. The van der Waals surface area contributed by atoms with Crippen LogP contribution in [0.2, 0.25) is 0 Å². The molecular weight excluding hydrogens is 244 g/mol. The molecule has 1 aromatic heterocycles. The zero-order valence-electron chi connectivity index (χ0n) is 12.2. The van der Waals surface area contributed by atoms with E-state index in [4.69, 9.17) is 5.73 Å². The summed E-state index contributed by atoms with van der Waals surface area (Å²) < 4.78 is 0. The predicted molar refractivity (Wildman–Crippen MR) is 86.8 cm³/mol. The Morgan fingerprint density at radius 3 is 2.40 bits per heavy atom. The van der Waals surface area contributed by atoms with Crippen molar-refractivity contribution in [1.82, 2.24) is 4.98 Å². The molecule has 0 saturated carbocycles. The highest BCUT2D eigenvalue weighted by atomic mass is 14.7. The second kappa shape index (κ2) is 4.41. The molecule has 0 aliphatic rings. The highest BCUT2D eigenvalue weighted by Crippen LogP contribution is 2.31. The van der Waals surface area contributed by atoms with E-state index in [2.05, 4.69) is 50.0 Å². The molecule has 0 aliphatic carbocycles. The van der Waals surface area contributed by atoms with Gasteiger partial charge in [-0.05, 0) is 35.2 Å². The number of hydrogen-bond acceptors (Lipinski definition) is 1. The summed E-state index contributed by atoms with van der Waals surface area (Å²) in [5.41, 5.74) is 11.6. The molecule has 0 amide bonds. The number of para-hydroxylation sites is 1. The van der Waals surface area contributed by atoms with Crippen molar-refractivity contribution >= 4 is 16.6 Å². The molecule has 0 fully saturated rings. The fourth-order valence-electron chi connectivity index (χ4n) is 2.49. The van der Waals surface area contributed by atoms with Gasteiger partial charge in [-0.2, -0.15) is 0 Å². The first-order valence-electron chi connectivity index (χ1n) is 6.93. The molecule has 0 saturated heterocycles. The Morgan fingerprint density at radius 2 is 1.70 bits per heavy atom. The lowest BCUT2D eigenvalue weighted by atomic mass is 9.86. The number of H-pyrrole nitrogens is 1. The van der Waals surface area contributed by atoms with Crippen molar-refractivity contribution in [3.8, 4) is 11.3 Å². The molecule has 2 aromatic carbocycles. The quantitative estimate of drug-likeness (QED) is 0.614. The van der Waals surface area contributed by atoms with Gasteiger partial charge in [0.25, 0.3) is 0 Å². The maximum absolute atomic E-state index is 6.05. The summed E-state index contributed by atoms with van der Waals surface area (Å²) in [7, 11) is 0. The Morgan fingerprint density at radius 1 is 0.950 bits per heavy atom. The van der Waals surface area contributed by atoms with Crippen molar-refractivity contribution in [3.05, 3.63) is 54.1 Å². The Kier molecular flexibility index (Phi) is 2.82. The summed E-state index contributed by atoms with van der Waals surface area (Å²) in [5.74, 6) is 0. The zero-order valence-corrected chi connectivity index (χ0v) is 12.2. The number of nitrogen functional groups attached to an aromatic ring is 1. The lowest BCUT2D eigenvalue weighted by Crippen LogP contribution is -2.10. The number of hydrogen-bond donors (Lipinski definition) is 2. The van der Waals surface area contributed by atoms with Gasteiger partial charge in [-0.15, -0.1) is 0 Å². The lowest BCUT2D eigenvalue weighted by molar-refractivity contribution is 0.591. The van der Waals surface area contributed by atoms with E-state index in [1.165, 1.54) is 10.9 Å². The van der Waals surface area contributed by atoms with Crippen molar-refractivity contribution < 1.29 is 0 Å². The summed E-state index contributed by atoms with van der Waals surface area (Å²) >= 11 is 0. The molecule has 1 heterocycles. The number of fused-ring (bicyclic) bond motifs is 1. The van der Waals surface area contributed by atoms with E-state index in [-0.39, 0.29) is 5.41 Å². The van der Waals surface area contributed by atoms with E-state index in [1.807, 2.05) is 24.3 Å². The number of rotatable bonds is 1. The second-order valence-electron chi connectivity index (χ2n) is 6.32. The normalized spacial score (nSPS) is 11.9. The topological polar surface area (TPSA) is 41.8 Å². The molecule has 2 heteroatoms. The first kappa shape index (κ1) is 12.8. The first-order valence-corrected chi connectivity index (χ1v) is 6.93. The van der Waals surface area contributed by atoms with Crippen LogP contribution in [0.4, 0.5) is 5.69 Å². The number of nitrogens with one attached hydrogen (secondary N) is 1. The van der Waals surface area contributed by atoms with Crippen LogP contribution in [0.25, 0.3) is 22.2 Å². The maximum Gasteiger partial charge on any atom is 0.0485 e. The molecule has 0 unspecified atom stereocenters. The van der Waals surface area contributed by atoms with Crippen LogP contribution in [0.3, 0.4) is 0 Å². The SMILES string of the molecule is CC(C)(C)c1ccc2[nH]c(-c3ccccc3N)cc2c1. The Labute approximate surface area is 119 Å². The van der Waals surface area contributed by atoms with Gasteiger partial charge in [0.2, 0.25) is 0 Å². The van der Waals surface area contributed by atoms with Crippen LogP contribution in [0.5, 0.6) is 0 Å². The Balaban J connectivity index is 2.14. The van der Waals surface area contributed by atoms with Crippen molar-refractivity contribution in [2.24, 2.45) is 0 Å². The fourth-order valence-corrected chi connectivity index (χ4v) is 2.49. The standard InChI is InChI=1S/C18H20N2/c1-18(2,3)13-8-9-16-12(10-13)11-17(20-16)14-6-4-5-7-15(14)19/h4-11,20H,19H2,1-3H3. The van der Waals surface area contributed by atoms with Crippen LogP contribution < -0.4 is 5.73 Å². The summed E-state index contributed by atoms with van der Waals surface area (Å²) in [6.45, 7) is 6.70. The summed E-state index contributed by atoms with van der Waals surface area (Å²) in [6, 6.07) is 16.7. The highest BCUT2D eigenvalue weighted by Gasteiger charge is 2.14. The largest absolute Gasteiger partial charge is 0.398 e. The Hall–Kier alpha value is -2.22.